The van der Waals surface area contributed by atoms with E-state index in [-0.39, 0.29) is 12.2 Å². The number of methoxy groups -OCH3 is 1. The summed E-state index contributed by atoms with van der Waals surface area (Å²) in [4.78, 5) is 15.6. The first kappa shape index (κ1) is 19.4. The molecule has 0 spiro atoms. The van der Waals surface area contributed by atoms with Gasteiger partial charge >= 0.3 is 0 Å². The Labute approximate surface area is 180 Å². The van der Waals surface area contributed by atoms with Crippen LogP contribution in [0.1, 0.15) is 13.8 Å². The van der Waals surface area contributed by atoms with Crippen molar-refractivity contribution in [2.45, 2.75) is 26.1 Å². The van der Waals surface area contributed by atoms with Crippen molar-refractivity contribution in [1.29, 1.82) is 0 Å². The molecule has 31 heavy (non-hydrogen) atoms. The van der Waals surface area contributed by atoms with E-state index < -0.39 is 0 Å². The molecule has 1 aliphatic rings. The van der Waals surface area contributed by atoms with Crippen molar-refractivity contribution in [1.82, 2.24) is 25.1 Å². The second kappa shape index (κ2) is 7.96. The van der Waals surface area contributed by atoms with E-state index in [1.165, 1.54) is 0 Å². The molecule has 1 saturated heterocycles. The molecule has 1 aromatic carbocycles. The van der Waals surface area contributed by atoms with Gasteiger partial charge in [0.25, 0.3) is 0 Å². The number of H-pyrrole nitrogens is 1. The number of rotatable bonds is 4. The molecule has 0 amide bonds. The number of fused-ring (bicyclic) bond motifs is 1. The zero-order valence-corrected chi connectivity index (χ0v) is 17.7. The van der Waals surface area contributed by atoms with Crippen molar-refractivity contribution in [3.63, 3.8) is 0 Å². The van der Waals surface area contributed by atoms with E-state index in [1.807, 2.05) is 30.5 Å². The van der Waals surface area contributed by atoms with Gasteiger partial charge in [0.05, 0.1) is 30.5 Å². The lowest BCUT2D eigenvalue weighted by atomic mass is 10.0. The van der Waals surface area contributed by atoms with Crippen LogP contribution in [-0.4, -0.2) is 57.6 Å². The number of hydrogen-bond donors (Lipinski definition) is 1. The molecule has 1 fully saturated rings. The second-order valence-corrected chi connectivity index (χ2v) is 7.85. The van der Waals surface area contributed by atoms with Gasteiger partial charge in [0.1, 0.15) is 17.8 Å². The molecular weight excluding hydrogens is 392 g/mol. The average molecular weight is 416 g/mol. The van der Waals surface area contributed by atoms with Crippen molar-refractivity contribution >= 4 is 16.7 Å². The van der Waals surface area contributed by atoms with Gasteiger partial charge in [-0.3, -0.25) is 5.10 Å². The van der Waals surface area contributed by atoms with Crippen LogP contribution in [0.25, 0.3) is 33.4 Å². The minimum atomic E-state index is 0.161. The van der Waals surface area contributed by atoms with Crippen LogP contribution in [0, 0.1) is 0 Å². The standard InChI is InChI=1S/C23H24N6O2/c1-14-11-29(12-15(2)31-14)21-9-20(25-13-26-21)23-18-8-16(4-6-19(18)27-28-23)17-5-7-22(30-3)24-10-17/h4-10,13-15H,11-12H2,1-3H3,(H,27,28)/t14-,15+. The number of pyridine rings is 1. The van der Waals surface area contributed by atoms with Crippen molar-refractivity contribution in [2.75, 3.05) is 25.1 Å². The smallest absolute Gasteiger partial charge is 0.212 e. The molecule has 4 aromatic rings. The highest BCUT2D eigenvalue weighted by atomic mass is 16.5. The fourth-order valence-corrected chi connectivity index (χ4v) is 4.08. The molecule has 0 saturated carbocycles. The van der Waals surface area contributed by atoms with Crippen LogP contribution < -0.4 is 9.64 Å². The zero-order valence-electron chi connectivity index (χ0n) is 17.7. The maximum absolute atomic E-state index is 5.85. The Bertz CT molecular complexity index is 1200. The van der Waals surface area contributed by atoms with E-state index in [9.17, 15) is 0 Å². The summed E-state index contributed by atoms with van der Waals surface area (Å²) in [6, 6.07) is 12.0. The predicted molar refractivity (Wildman–Crippen MR) is 119 cm³/mol. The lowest BCUT2D eigenvalue weighted by Gasteiger charge is -2.36. The third kappa shape index (κ3) is 3.82. The summed E-state index contributed by atoms with van der Waals surface area (Å²) in [7, 11) is 1.61. The van der Waals surface area contributed by atoms with Gasteiger partial charge in [-0.25, -0.2) is 15.0 Å². The number of aromatic nitrogens is 5. The van der Waals surface area contributed by atoms with E-state index in [0.717, 1.165) is 52.3 Å². The second-order valence-electron chi connectivity index (χ2n) is 7.85. The first-order valence-electron chi connectivity index (χ1n) is 10.3. The van der Waals surface area contributed by atoms with Gasteiger partial charge < -0.3 is 14.4 Å². The van der Waals surface area contributed by atoms with Gasteiger partial charge in [-0.15, -0.1) is 0 Å². The molecule has 3 aromatic heterocycles. The molecule has 8 heteroatoms. The maximum atomic E-state index is 5.85. The number of morpholine rings is 1. The molecule has 8 nitrogen and oxygen atoms in total. The highest BCUT2D eigenvalue weighted by Gasteiger charge is 2.24. The summed E-state index contributed by atoms with van der Waals surface area (Å²) in [5.41, 5.74) is 4.60. The normalized spacial score (nSPS) is 19.0. The third-order valence-electron chi connectivity index (χ3n) is 5.48. The number of benzene rings is 1. The molecule has 0 unspecified atom stereocenters. The summed E-state index contributed by atoms with van der Waals surface area (Å²) in [6.45, 7) is 5.77. The Hall–Kier alpha value is -3.52. The number of ether oxygens (including phenoxy) is 2. The topological polar surface area (TPSA) is 89.0 Å². The fraction of sp³-hybridized carbons (Fsp3) is 0.304. The van der Waals surface area contributed by atoms with Crippen LogP contribution in [0.5, 0.6) is 5.88 Å². The Balaban J connectivity index is 1.51. The number of nitrogens with zero attached hydrogens (tertiary/aromatic N) is 5. The SMILES string of the molecule is COc1ccc(-c2ccc3[nH]nc(-c4cc(N5C[C@@H](C)O[C@@H](C)C5)ncn4)c3c2)cn1. The van der Waals surface area contributed by atoms with Crippen molar-refractivity contribution in [3.05, 3.63) is 48.9 Å². The van der Waals surface area contributed by atoms with Crippen LogP contribution in [0.15, 0.2) is 48.9 Å². The van der Waals surface area contributed by atoms with E-state index >= 15 is 0 Å². The van der Waals surface area contributed by atoms with Gasteiger partial charge in [-0.05, 0) is 37.6 Å². The van der Waals surface area contributed by atoms with E-state index in [0.29, 0.717) is 5.88 Å². The first-order valence-corrected chi connectivity index (χ1v) is 10.3. The molecule has 4 heterocycles. The van der Waals surface area contributed by atoms with Crippen molar-refractivity contribution < 1.29 is 9.47 Å². The summed E-state index contributed by atoms with van der Waals surface area (Å²) >= 11 is 0. The lowest BCUT2D eigenvalue weighted by Crippen LogP contribution is -2.45. The van der Waals surface area contributed by atoms with Gasteiger partial charge in [0.2, 0.25) is 5.88 Å². The van der Waals surface area contributed by atoms with Gasteiger partial charge in [0, 0.05) is 42.4 Å². The fourth-order valence-electron chi connectivity index (χ4n) is 4.08. The highest BCUT2D eigenvalue weighted by Crippen LogP contribution is 2.31. The van der Waals surface area contributed by atoms with E-state index in [4.69, 9.17) is 9.47 Å². The van der Waals surface area contributed by atoms with Crippen LogP contribution in [-0.2, 0) is 4.74 Å². The average Bonchev–Trinajstić information content (AvgIpc) is 3.22. The molecule has 0 bridgehead atoms. The van der Waals surface area contributed by atoms with Crippen LogP contribution >= 0.6 is 0 Å². The monoisotopic (exact) mass is 416 g/mol. The van der Waals surface area contributed by atoms with Gasteiger partial charge in [0.15, 0.2) is 0 Å². The van der Waals surface area contributed by atoms with Gasteiger partial charge in [-0.1, -0.05) is 6.07 Å². The largest absolute Gasteiger partial charge is 0.481 e. The Kier molecular flexibility index (Phi) is 4.99. The van der Waals surface area contributed by atoms with Gasteiger partial charge in [-0.2, -0.15) is 5.10 Å². The third-order valence-corrected chi connectivity index (χ3v) is 5.48. The number of hydrogen-bond acceptors (Lipinski definition) is 7. The summed E-state index contributed by atoms with van der Waals surface area (Å²) < 4.78 is 11.0. The Morgan fingerprint density at radius 3 is 2.55 bits per heavy atom. The quantitative estimate of drug-likeness (QED) is 0.542. The number of nitrogens with one attached hydrogen (secondary N) is 1. The van der Waals surface area contributed by atoms with Crippen LogP contribution in [0.4, 0.5) is 5.82 Å². The molecule has 1 N–H and O–H groups in total. The first-order chi connectivity index (χ1) is 15.1. The lowest BCUT2D eigenvalue weighted by molar-refractivity contribution is -0.00546. The van der Waals surface area contributed by atoms with Crippen molar-refractivity contribution in [2.24, 2.45) is 0 Å². The van der Waals surface area contributed by atoms with Crippen LogP contribution in [0.3, 0.4) is 0 Å². The Morgan fingerprint density at radius 1 is 1.00 bits per heavy atom. The number of aromatic amines is 1. The zero-order chi connectivity index (χ0) is 21.4. The van der Waals surface area contributed by atoms with Crippen molar-refractivity contribution in [3.8, 4) is 28.4 Å². The molecule has 158 valence electrons. The maximum Gasteiger partial charge on any atom is 0.212 e. The molecule has 1 aliphatic heterocycles. The summed E-state index contributed by atoms with van der Waals surface area (Å²) in [6.07, 6.45) is 3.74. The van der Waals surface area contributed by atoms with Crippen LogP contribution in [0.2, 0.25) is 0 Å². The summed E-state index contributed by atoms with van der Waals surface area (Å²) in [5, 5.41) is 8.67. The minimum Gasteiger partial charge on any atom is -0.481 e. The predicted octanol–water partition coefficient (Wildman–Crippen LogP) is 3.70. The molecule has 0 radical (unpaired) electrons. The Morgan fingerprint density at radius 2 is 1.81 bits per heavy atom. The summed E-state index contributed by atoms with van der Waals surface area (Å²) in [5.74, 6) is 1.48. The highest BCUT2D eigenvalue weighted by molar-refractivity contribution is 5.95. The van der Waals surface area contributed by atoms with E-state index in [2.05, 4.69) is 56.0 Å². The van der Waals surface area contributed by atoms with E-state index in [1.54, 1.807) is 13.4 Å². The molecule has 2 atom stereocenters. The molecule has 5 rings (SSSR count). The molecule has 0 aliphatic carbocycles. The minimum absolute atomic E-state index is 0.161. The number of anilines is 1. The molecular formula is C23H24N6O2.